The first kappa shape index (κ1) is 12.0. The molecule has 92 valence electrons. The van der Waals surface area contributed by atoms with Gasteiger partial charge in [-0.15, -0.1) is 0 Å². The fourth-order valence-corrected chi connectivity index (χ4v) is 2.11. The summed E-state index contributed by atoms with van der Waals surface area (Å²) in [5.41, 5.74) is 2.44. The normalized spacial score (nSPS) is 13.8. The van der Waals surface area contributed by atoms with Gasteiger partial charge in [-0.25, -0.2) is 0 Å². The Kier molecular flexibility index (Phi) is 3.67. The molecule has 0 N–H and O–H groups in total. The van der Waals surface area contributed by atoms with E-state index in [2.05, 4.69) is 19.9 Å². The molecule has 0 radical (unpaired) electrons. The number of ether oxygens (including phenoxy) is 2. The van der Waals surface area contributed by atoms with Gasteiger partial charge in [-0.2, -0.15) is 0 Å². The molecule has 0 saturated heterocycles. The van der Waals surface area contributed by atoms with Crippen LogP contribution in [0.1, 0.15) is 37.3 Å². The van der Waals surface area contributed by atoms with Gasteiger partial charge in [0.2, 0.25) is 0 Å². The fourth-order valence-electron chi connectivity index (χ4n) is 2.11. The third kappa shape index (κ3) is 2.60. The van der Waals surface area contributed by atoms with Crippen molar-refractivity contribution in [1.29, 1.82) is 0 Å². The van der Waals surface area contributed by atoms with Gasteiger partial charge in [0.05, 0.1) is 0 Å². The third-order valence-electron chi connectivity index (χ3n) is 2.96. The highest BCUT2D eigenvalue weighted by atomic mass is 16.6. The van der Waals surface area contributed by atoms with Crippen molar-refractivity contribution in [2.24, 2.45) is 0 Å². The molecule has 0 saturated carbocycles. The summed E-state index contributed by atoms with van der Waals surface area (Å²) in [4.78, 5) is 10.5. The maximum atomic E-state index is 10.5. The van der Waals surface area contributed by atoms with E-state index in [9.17, 15) is 4.79 Å². The van der Waals surface area contributed by atoms with Gasteiger partial charge >= 0.3 is 0 Å². The molecule has 2 rings (SSSR count). The van der Waals surface area contributed by atoms with Crippen molar-refractivity contribution in [3.05, 3.63) is 23.3 Å². The Morgan fingerprint density at radius 2 is 1.88 bits per heavy atom. The number of carbonyl (C=O) groups excluding carboxylic acids is 1. The zero-order valence-electron chi connectivity index (χ0n) is 10.4. The van der Waals surface area contributed by atoms with Crippen LogP contribution in [0.5, 0.6) is 11.5 Å². The lowest BCUT2D eigenvalue weighted by molar-refractivity contribution is -0.107. The minimum absolute atomic E-state index is 0.424. The summed E-state index contributed by atoms with van der Waals surface area (Å²) in [6.45, 7) is 5.50. The fraction of sp³-hybridized carbons (Fsp3) is 0.500. The maximum Gasteiger partial charge on any atom is 0.161 e. The molecule has 0 fully saturated rings. The first-order chi connectivity index (χ1) is 8.22. The molecule has 1 aliphatic rings. The van der Waals surface area contributed by atoms with Crippen molar-refractivity contribution in [2.45, 2.75) is 32.6 Å². The molecule has 1 aromatic carbocycles. The van der Waals surface area contributed by atoms with E-state index in [0.717, 1.165) is 24.2 Å². The first-order valence-electron chi connectivity index (χ1n) is 6.08. The molecule has 0 spiro atoms. The number of benzene rings is 1. The van der Waals surface area contributed by atoms with E-state index in [4.69, 9.17) is 9.47 Å². The van der Waals surface area contributed by atoms with E-state index >= 15 is 0 Å². The Hall–Kier alpha value is -1.51. The Labute approximate surface area is 102 Å². The zero-order valence-corrected chi connectivity index (χ0v) is 10.4. The minimum Gasteiger partial charge on any atom is -0.486 e. The van der Waals surface area contributed by atoms with Crippen LogP contribution in [-0.2, 0) is 11.2 Å². The van der Waals surface area contributed by atoms with Gasteiger partial charge in [0.1, 0.15) is 19.5 Å². The van der Waals surface area contributed by atoms with Crippen LogP contribution < -0.4 is 9.47 Å². The van der Waals surface area contributed by atoms with Crippen LogP contribution in [0.3, 0.4) is 0 Å². The molecule has 0 atom stereocenters. The summed E-state index contributed by atoms with van der Waals surface area (Å²) in [6, 6.07) is 4.08. The number of aryl methyl sites for hydroxylation is 1. The number of fused-ring (bicyclic) bond motifs is 1. The van der Waals surface area contributed by atoms with Crippen molar-refractivity contribution in [3.63, 3.8) is 0 Å². The van der Waals surface area contributed by atoms with E-state index in [0.29, 0.717) is 25.6 Å². The lowest BCUT2D eigenvalue weighted by Gasteiger charge is -2.22. The summed E-state index contributed by atoms with van der Waals surface area (Å²) in [7, 11) is 0. The van der Waals surface area contributed by atoms with Gasteiger partial charge in [0.15, 0.2) is 11.5 Å². The molecule has 1 aromatic rings. The quantitative estimate of drug-likeness (QED) is 0.751. The lowest BCUT2D eigenvalue weighted by atomic mass is 9.94. The minimum atomic E-state index is 0.424. The van der Waals surface area contributed by atoms with Gasteiger partial charge < -0.3 is 14.3 Å². The Bertz CT molecular complexity index is 410. The molecule has 1 heterocycles. The summed E-state index contributed by atoms with van der Waals surface area (Å²) in [5, 5.41) is 0. The van der Waals surface area contributed by atoms with Crippen molar-refractivity contribution in [3.8, 4) is 11.5 Å². The molecule has 0 aromatic heterocycles. The molecule has 0 bridgehead atoms. The van der Waals surface area contributed by atoms with Gasteiger partial charge in [0, 0.05) is 6.42 Å². The van der Waals surface area contributed by atoms with Crippen LogP contribution in [0.4, 0.5) is 0 Å². The molecule has 0 unspecified atom stereocenters. The number of hydrogen-bond donors (Lipinski definition) is 0. The molecular formula is C14H18O3. The zero-order chi connectivity index (χ0) is 12.3. The highest BCUT2D eigenvalue weighted by Crippen LogP contribution is 2.36. The molecule has 0 aliphatic carbocycles. The topological polar surface area (TPSA) is 35.5 Å². The Morgan fingerprint density at radius 1 is 1.24 bits per heavy atom. The number of rotatable bonds is 4. The predicted molar refractivity (Wildman–Crippen MR) is 65.9 cm³/mol. The van der Waals surface area contributed by atoms with E-state index in [-0.39, 0.29) is 0 Å². The number of aldehydes is 1. The molecule has 1 aliphatic heterocycles. The van der Waals surface area contributed by atoms with Gasteiger partial charge in [-0.05, 0) is 35.6 Å². The standard InChI is InChI=1S/C14H18O3/c1-10(2)12-9-14-13(16-6-7-17-14)8-11(12)4-3-5-15/h5,8-10H,3-4,6-7H2,1-2H3. The first-order valence-corrected chi connectivity index (χ1v) is 6.08. The van der Waals surface area contributed by atoms with Crippen molar-refractivity contribution < 1.29 is 14.3 Å². The average Bonchev–Trinajstić information content (AvgIpc) is 2.35. The second-order valence-electron chi connectivity index (χ2n) is 4.55. The van der Waals surface area contributed by atoms with E-state index < -0.39 is 0 Å². The van der Waals surface area contributed by atoms with Crippen LogP contribution in [0.2, 0.25) is 0 Å². The van der Waals surface area contributed by atoms with Crippen molar-refractivity contribution >= 4 is 6.29 Å². The smallest absolute Gasteiger partial charge is 0.161 e. The van der Waals surface area contributed by atoms with Crippen LogP contribution in [0.15, 0.2) is 12.1 Å². The van der Waals surface area contributed by atoms with Gasteiger partial charge in [-0.1, -0.05) is 13.8 Å². The largest absolute Gasteiger partial charge is 0.486 e. The van der Waals surface area contributed by atoms with E-state index in [1.54, 1.807) is 0 Å². The van der Waals surface area contributed by atoms with Crippen LogP contribution >= 0.6 is 0 Å². The number of carbonyl (C=O) groups is 1. The monoisotopic (exact) mass is 234 g/mol. The SMILES string of the molecule is CC(C)c1cc2c(cc1CCC=O)OCCO2. The average molecular weight is 234 g/mol. The molecular weight excluding hydrogens is 216 g/mol. The van der Waals surface area contributed by atoms with E-state index in [1.807, 2.05) is 6.07 Å². The Morgan fingerprint density at radius 3 is 2.47 bits per heavy atom. The molecule has 3 heteroatoms. The maximum absolute atomic E-state index is 10.5. The van der Waals surface area contributed by atoms with Crippen molar-refractivity contribution in [2.75, 3.05) is 13.2 Å². The van der Waals surface area contributed by atoms with Gasteiger partial charge in [0.25, 0.3) is 0 Å². The molecule has 17 heavy (non-hydrogen) atoms. The highest BCUT2D eigenvalue weighted by Gasteiger charge is 2.16. The summed E-state index contributed by atoms with van der Waals surface area (Å²) >= 11 is 0. The number of hydrogen-bond acceptors (Lipinski definition) is 3. The second-order valence-corrected chi connectivity index (χ2v) is 4.55. The second kappa shape index (κ2) is 5.21. The van der Waals surface area contributed by atoms with Crippen molar-refractivity contribution in [1.82, 2.24) is 0 Å². The molecule has 3 nitrogen and oxygen atoms in total. The van der Waals surface area contributed by atoms with E-state index in [1.165, 1.54) is 11.1 Å². The van der Waals surface area contributed by atoms with Crippen LogP contribution in [0, 0.1) is 0 Å². The van der Waals surface area contributed by atoms with Crippen LogP contribution in [0.25, 0.3) is 0 Å². The predicted octanol–water partition coefficient (Wildman–Crippen LogP) is 2.71. The lowest BCUT2D eigenvalue weighted by Crippen LogP contribution is -2.16. The Balaban J connectivity index is 2.36. The molecule has 0 amide bonds. The summed E-state index contributed by atoms with van der Waals surface area (Å²) in [6.07, 6.45) is 2.29. The third-order valence-corrected chi connectivity index (χ3v) is 2.96. The van der Waals surface area contributed by atoms with Crippen LogP contribution in [-0.4, -0.2) is 19.5 Å². The highest BCUT2D eigenvalue weighted by molar-refractivity contribution is 5.53. The summed E-state index contributed by atoms with van der Waals surface area (Å²) in [5.74, 6) is 2.06. The van der Waals surface area contributed by atoms with Gasteiger partial charge in [-0.3, -0.25) is 0 Å². The summed E-state index contributed by atoms with van der Waals surface area (Å²) < 4.78 is 11.1.